The maximum atomic E-state index is 13.1. The molecule has 3 heteroatoms. The van der Waals surface area contributed by atoms with Gasteiger partial charge < -0.3 is 4.90 Å². The molecular weight excluding hydrogens is 296 g/mol. The Kier molecular flexibility index (Phi) is 5.12. The van der Waals surface area contributed by atoms with Crippen molar-refractivity contribution in [1.82, 2.24) is 9.80 Å². The van der Waals surface area contributed by atoms with Crippen molar-refractivity contribution in [3.63, 3.8) is 0 Å². The number of rotatable bonds is 4. The van der Waals surface area contributed by atoms with Gasteiger partial charge in [0.1, 0.15) is 0 Å². The second kappa shape index (κ2) is 7.29. The lowest BCUT2D eigenvalue weighted by atomic mass is 9.94. The topological polar surface area (TPSA) is 23.6 Å². The maximum Gasteiger partial charge on any atom is 0.193 e. The van der Waals surface area contributed by atoms with Gasteiger partial charge in [-0.15, -0.1) is 0 Å². The van der Waals surface area contributed by atoms with Crippen LogP contribution in [0.15, 0.2) is 42.5 Å². The van der Waals surface area contributed by atoms with Crippen LogP contribution in [0, 0.1) is 13.8 Å². The second-order valence-corrected chi connectivity index (χ2v) is 6.88. The molecule has 1 aliphatic heterocycles. The molecule has 1 saturated heterocycles. The van der Waals surface area contributed by atoms with Crippen LogP contribution in [0.3, 0.4) is 0 Å². The summed E-state index contributed by atoms with van der Waals surface area (Å²) < 4.78 is 0. The van der Waals surface area contributed by atoms with Crippen molar-refractivity contribution in [3.8, 4) is 0 Å². The van der Waals surface area contributed by atoms with Gasteiger partial charge in [-0.25, -0.2) is 0 Å². The third kappa shape index (κ3) is 3.74. The van der Waals surface area contributed by atoms with Gasteiger partial charge in [0.2, 0.25) is 0 Å². The average Bonchev–Trinajstić information content (AvgIpc) is 2.59. The molecule has 0 spiro atoms. The molecule has 0 aromatic heterocycles. The van der Waals surface area contributed by atoms with Crippen molar-refractivity contribution in [3.05, 3.63) is 70.3 Å². The summed E-state index contributed by atoms with van der Waals surface area (Å²) in [7, 11) is 2.16. The molecule has 0 amide bonds. The van der Waals surface area contributed by atoms with Gasteiger partial charge in [0, 0.05) is 43.9 Å². The molecule has 2 aromatic carbocycles. The van der Waals surface area contributed by atoms with E-state index < -0.39 is 0 Å². The lowest BCUT2D eigenvalue weighted by Gasteiger charge is -2.32. The lowest BCUT2D eigenvalue weighted by Crippen LogP contribution is -2.44. The van der Waals surface area contributed by atoms with E-state index in [-0.39, 0.29) is 5.78 Å². The van der Waals surface area contributed by atoms with Crippen LogP contribution in [0.5, 0.6) is 0 Å². The summed E-state index contributed by atoms with van der Waals surface area (Å²) in [6.45, 7) is 9.19. The number of hydrogen-bond acceptors (Lipinski definition) is 3. The fourth-order valence-electron chi connectivity index (χ4n) is 3.25. The van der Waals surface area contributed by atoms with Gasteiger partial charge in [-0.2, -0.15) is 0 Å². The summed E-state index contributed by atoms with van der Waals surface area (Å²) in [5, 5.41) is 0. The smallest absolute Gasteiger partial charge is 0.193 e. The highest BCUT2D eigenvalue weighted by atomic mass is 16.1. The van der Waals surface area contributed by atoms with Crippen LogP contribution in [0.1, 0.15) is 32.6 Å². The number of carbonyl (C=O) groups is 1. The van der Waals surface area contributed by atoms with Crippen molar-refractivity contribution < 1.29 is 4.79 Å². The molecule has 1 heterocycles. The number of piperazine rings is 1. The van der Waals surface area contributed by atoms with Gasteiger partial charge in [-0.05, 0) is 38.1 Å². The molecule has 3 rings (SSSR count). The molecule has 0 atom stereocenters. The predicted octanol–water partition coefficient (Wildman–Crippen LogP) is 3.28. The van der Waals surface area contributed by atoms with E-state index >= 15 is 0 Å². The van der Waals surface area contributed by atoms with Crippen molar-refractivity contribution in [2.45, 2.75) is 20.4 Å². The molecule has 0 unspecified atom stereocenters. The molecule has 24 heavy (non-hydrogen) atoms. The van der Waals surface area contributed by atoms with Crippen LogP contribution in [0.4, 0.5) is 0 Å². The molecule has 3 nitrogen and oxygen atoms in total. The Morgan fingerprint density at radius 1 is 0.958 bits per heavy atom. The maximum absolute atomic E-state index is 13.1. The summed E-state index contributed by atoms with van der Waals surface area (Å²) in [4.78, 5) is 17.9. The minimum Gasteiger partial charge on any atom is -0.304 e. The second-order valence-electron chi connectivity index (χ2n) is 6.88. The zero-order chi connectivity index (χ0) is 17.1. The van der Waals surface area contributed by atoms with Crippen molar-refractivity contribution in [2.75, 3.05) is 33.2 Å². The Bertz CT molecular complexity index is 730. The quantitative estimate of drug-likeness (QED) is 0.807. The number of nitrogens with zero attached hydrogens (tertiary/aromatic N) is 2. The number of benzene rings is 2. The normalized spacial score (nSPS) is 16.3. The van der Waals surface area contributed by atoms with E-state index in [1.54, 1.807) is 0 Å². The van der Waals surface area contributed by atoms with E-state index in [0.29, 0.717) is 0 Å². The van der Waals surface area contributed by atoms with Crippen LogP contribution in [-0.2, 0) is 6.54 Å². The van der Waals surface area contributed by atoms with E-state index in [2.05, 4.69) is 29.0 Å². The first kappa shape index (κ1) is 16.9. The zero-order valence-corrected chi connectivity index (χ0v) is 14.9. The lowest BCUT2D eigenvalue weighted by molar-refractivity contribution is 0.103. The van der Waals surface area contributed by atoms with Gasteiger partial charge >= 0.3 is 0 Å². The Balaban J connectivity index is 1.86. The summed E-state index contributed by atoms with van der Waals surface area (Å²) in [6.07, 6.45) is 0. The Morgan fingerprint density at radius 3 is 2.42 bits per heavy atom. The average molecular weight is 322 g/mol. The van der Waals surface area contributed by atoms with Crippen LogP contribution in [-0.4, -0.2) is 48.8 Å². The monoisotopic (exact) mass is 322 g/mol. The van der Waals surface area contributed by atoms with Crippen LogP contribution < -0.4 is 0 Å². The zero-order valence-electron chi connectivity index (χ0n) is 14.9. The first-order valence-corrected chi connectivity index (χ1v) is 8.65. The Hall–Kier alpha value is -1.97. The molecule has 1 fully saturated rings. The van der Waals surface area contributed by atoms with Gasteiger partial charge in [0.25, 0.3) is 0 Å². The summed E-state index contributed by atoms with van der Waals surface area (Å²) in [5.41, 5.74) is 4.96. The molecule has 1 aliphatic rings. The highest BCUT2D eigenvalue weighted by molar-refractivity contribution is 6.10. The van der Waals surface area contributed by atoms with Crippen LogP contribution >= 0.6 is 0 Å². The summed E-state index contributed by atoms with van der Waals surface area (Å²) in [6, 6.07) is 14.2. The van der Waals surface area contributed by atoms with Crippen LogP contribution in [0.25, 0.3) is 0 Å². The Labute approximate surface area is 144 Å². The van der Waals surface area contributed by atoms with E-state index in [9.17, 15) is 4.79 Å². The molecule has 0 saturated carbocycles. The van der Waals surface area contributed by atoms with Gasteiger partial charge in [-0.1, -0.05) is 42.0 Å². The standard InChI is InChI=1S/C21H26N2O/c1-16-8-9-17(2)20(14-16)21(24)19-7-5-4-6-18(19)15-23-12-10-22(3)11-13-23/h4-9,14H,10-13,15H2,1-3H3. The van der Waals surface area contributed by atoms with Gasteiger partial charge in [0.15, 0.2) is 5.78 Å². The largest absolute Gasteiger partial charge is 0.304 e. The summed E-state index contributed by atoms with van der Waals surface area (Å²) >= 11 is 0. The molecular formula is C21H26N2O. The first-order chi connectivity index (χ1) is 11.5. The van der Waals surface area contributed by atoms with Crippen LogP contribution in [0.2, 0.25) is 0 Å². The molecule has 0 aliphatic carbocycles. The molecule has 2 aromatic rings. The minimum absolute atomic E-state index is 0.140. The van der Waals surface area contributed by atoms with E-state index in [4.69, 9.17) is 0 Å². The number of hydrogen-bond donors (Lipinski definition) is 0. The predicted molar refractivity (Wildman–Crippen MR) is 98.6 cm³/mol. The van der Waals surface area contributed by atoms with E-state index in [0.717, 1.165) is 60.5 Å². The highest BCUT2D eigenvalue weighted by Gasteiger charge is 2.19. The van der Waals surface area contributed by atoms with Crippen molar-refractivity contribution >= 4 is 5.78 Å². The fraction of sp³-hybridized carbons (Fsp3) is 0.381. The molecule has 0 bridgehead atoms. The number of likely N-dealkylation sites (N-methyl/N-ethyl adjacent to an activating group) is 1. The molecule has 0 radical (unpaired) electrons. The highest BCUT2D eigenvalue weighted by Crippen LogP contribution is 2.20. The SMILES string of the molecule is Cc1ccc(C)c(C(=O)c2ccccc2CN2CCN(C)CC2)c1. The fourth-order valence-corrected chi connectivity index (χ4v) is 3.25. The third-order valence-corrected chi connectivity index (χ3v) is 4.89. The van der Waals surface area contributed by atoms with Gasteiger partial charge in [-0.3, -0.25) is 9.69 Å². The molecule has 0 N–H and O–H groups in total. The van der Waals surface area contributed by atoms with E-state index in [1.165, 1.54) is 0 Å². The van der Waals surface area contributed by atoms with Gasteiger partial charge in [0.05, 0.1) is 0 Å². The first-order valence-electron chi connectivity index (χ1n) is 8.65. The molecule has 126 valence electrons. The van der Waals surface area contributed by atoms with Crippen molar-refractivity contribution in [1.29, 1.82) is 0 Å². The van der Waals surface area contributed by atoms with Crippen molar-refractivity contribution in [2.24, 2.45) is 0 Å². The Morgan fingerprint density at radius 2 is 1.67 bits per heavy atom. The summed E-state index contributed by atoms with van der Waals surface area (Å²) in [5.74, 6) is 0.140. The minimum atomic E-state index is 0.140. The number of aryl methyl sites for hydroxylation is 2. The number of ketones is 1. The third-order valence-electron chi connectivity index (χ3n) is 4.89. The number of carbonyl (C=O) groups excluding carboxylic acids is 1. The van der Waals surface area contributed by atoms with E-state index in [1.807, 2.05) is 44.2 Å².